The highest BCUT2D eigenvalue weighted by Gasteiger charge is 2.08. The molecule has 1 aromatic heterocycles. The maximum atomic E-state index is 13.2. The van der Waals surface area contributed by atoms with Gasteiger partial charge in [0.2, 0.25) is 0 Å². The predicted molar refractivity (Wildman–Crippen MR) is 79.8 cm³/mol. The van der Waals surface area contributed by atoms with Crippen LogP contribution in [0.5, 0.6) is 5.75 Å². The van der Waals surface area contributed by atoms with Crippen LogP contribution in [-0.2, 0) is 13.6 Å². The molecule has 0 amide bonds. The van der Waals surface area contributed by atoms with Crippen molar-refractivity contribution in [1.29, 1.82) is 0 Å². The summed E-state index contributed by atoms with van der Waals surface area (Å²) < 4.78 is 20.9. The molecule has 20 heavy (non-hydrogen) atoms. The summed E-state index contributed by atoms with van der Waals surface area (Å²) in [6.45, 7) is 7.28. The molecule has 0 spiro atoms. The largest absolute Gasteiger partial charge is 0.492 e. The zero-order valence-corrected chi connectivity index (χ0v) is 12.5. The molecule has 0 saturated heterocycles. The molecule has 2 rings (SSSR count). The molecule has 0 aliphatic rings. The average molecular weight is 276 g/mol. The molecule has 0 bridgehead atoms. The van der Waals surface area contributed by atoms with E-state index in [-0.39, 0.29) is 5.82 Å². The number of halogens is 1. The predicted octanol–water partition coefficient (Wildman–Crippen LogP) is 3.79. The Balaban J connectivity index is 2.16. The van der Waals surface area contributed by atoms with E-state index in [0.717, 1.165) is 5.69 Å². The lowest BCUT2D eigenvalue weighted by molar-refractivity contribution is 0.340. The SMILES string of the molecule is CCOc1cc(F)ccc1NCc1cc(C)n(C)c1C. The molecule has 0 aliphatic heterocycles. The monoisotopic (exact) mass is 276 g/mol. The number of aryl methyl sites for hydroxylation is 1. The Morgan fingerprint density at radius 3 is 2.60 bits per heavy atom. The summed E-state index contributed by atoms with van der Waals surface area (Å²) in [4.78, 5) is 0. The van der Waals surface area contributed by atoms with E-state index in [9.17, 15) is 4.39 Å². The summed E-state index contributed by atoms with van der Waals surface area (Å²) in [6, 6.07) is 6.72. The van der Waals surface area contributed by atoms with Crippen LogP contribution < -0.4 is 10.1 Å². The molecular formula is C16H21FN2O. The van der Waals surface area contributed by atoms with Gasteiger partial charge in [0, 0.05) is 31.0 Å². The van der Waals surface area contributed by atoms with E-state index in [2.05, 4.69) is 36.8 Å². The van der Waals surface area contributed by atoms with Crippen LogP contribution in [0.15, 0.2) is 24.3 Å². The van der Waals surface area contributed by atoms with Crippen molar-refractivity contribution in [2.75, 3.05) is 11.9 Å². The van der Waals surface area contributed by atoms with Crippen LogP contribution in [0, 0.1) is 19.7 Å². The molecule has 4 heteroatoms. The summed E-state index contributed by atoms with van der Waals surface area (Å²) in [5.74, 6) is 0.267. The molecule has 0 aliphatic carbocycles. The molecule has 1 aromatic carbocycles. The molecule has 0 saturated carbocycles. The van der Waals surface area contributed by atoms with Gasteiger partial charge in [-0.15, -0.1) is 0 Å². The number of hydrogen-bond donors (Lipinski definition) is 1. The Labute approximate surface area is 119 Å². The maximum absolute atomic E-state index is 13.2. The van der Waals surface area contributed by atoms with Crippen LogP contribution in [-0.4, -0.2) is 11.2 Å². The standard InChI is InChI=1S/C16H21FN2O/c1-5-20-16-9-14(17)6-7-15(16)18-10-13-8-11(2)19(4)12(13)3/h6-9,18H,5,10H2,1-4H3. The van der Waals surface area contributed by atoms with Crippen molar-refractivity contribution in [3.05, 3.63) is 47.0 Å². The molecule has 1 N–H and O–H groups in total. The summed E-state index contributed by atoms with van der Waals surface area (Å²) in [5, 5.41) is 3.32. The number of nitrogens with zero attached hydrogens (tertiary/aromatic N) is 1. The summed E-state index contributed by atoms with van der Waals surface area (Å²) >= 11 is 0. The first-order valence-corrected chi connectivity index (χ1v) is 6.81. The summed E-state index contributed by atoms with van der Waals surface area (Å²) in [7, 11) is 2.05. The number of nitrogens with one attached hydrogen (secondary N) is 1. The number of benzene rings is 1. The second-order valence-corrected chi connectivity index (χ2v) is 4.88. The summed E-state index contributed by atoms with van der Waals surface area (Å²) in [6.07, 6.45) is 0. The minimum Gasteiger partial charge on any atom is -0.492 e. The molecule has 108 valence electrons. The van der Waals surface area contributed by atoms with Gasteiger partial charge in [0.05, 0.1) is 12.3 Å². The third-order valence-electron chi connectivity index (χ3n) is 3.59. The van der Waals surface area contributed by atoms with Gasteiger partial charge < -0.3 is 14.6 Å². The van der Waals surface area contributed by atoms with Crippen LogP contribution >= 0.6 is 0 Å². The molecule has 0 radical (unpaired) electrons. The second-order valence-electron chi connectivity index (χ2n) is 4.88. The molecule has 0 fully saturated rings. The number of rotatable bonds is 5. The zero-order valence-electron chi connectivity index (χ0n) is 12.5. The van der Waals surface area contributed by atoms with E-state index >= 15 is 0 Å². The second kappa shape index (κ2) is 5.99. The number of aromatic nitrogens is 1. The van der Waals surface area contributed by atoms with Crippen LogP contribution in [0.2, 0.25) is 0 Å². The quantitative estimate of drug-likeness (QED) is 0.899. The van der Waals surface area contributed by atoms with Gasteiger partial charge >= 0.3 is 0 Å². The van der Waals surface area contributed by atoms with E-state index < -0.39 is 0 Å². The van der Waals surface area contributed by atoms with Crippen LogP contribution in [0.4, 0.5) is 10.1 Å². The van der Waals surface area contributed by atoms with Crippen molar-refractivity contribution in [2.24, 2.45) is 7.05 Å². The van der Waals surface area contributed by atoms with Gasteiger partial charge in [-0.3, -0.25) is 0 Å². The van der Waals surface area contributed by atoms with E-state index in [1.165, 1.54) is 29.1 Å². The van der Waals surface area contributed by atoms with E-state index in [1.807, 2.05) is 6.92 Å². The topological polar surface area (TPSA) is 26.2 Å². The van der Waals surface area contributed by atoms with Gasteiger partial charge in [0.15, 0.2) is 0 Å². The maximum Gasteiger partial charge on any atom is 0.145 e. The summed E-state index contributed by atoms with van der Waals surface area (Å²) in [5.41, 5.74) is 4.50. The zero-order chi connectivity index (χ0) is 14.7. The molecule has 0 atom stereocenters. The molecule has 1 heterocycles. The van der Waals surface area contributed by atoms with Crippen molar-refractivity contribution in [2.45, 2.75) is 27.3 Å². The van der Waals surface area contributed by atoms with Gasteiger partial charge in [0.1, 0.15) is 11.6 Å². The van der Waals surface area contributed by atoms with Crippen molar-refractivity contribution >= 4 is 5.69 Å². The molecular weight excluding hydrogens is 255 g/mol. The molecule has 3 nitrogen and oxygen atoms in total. The highest BCUT2D eigenvalue weighted by atomic mass is 19.1. The highest BCUT2D eigenvalue weighted by Crippen LogP contribution is 2.26. The minimum atomic E-state index is -0.286. The van der Waals surface area contributed by atoms with Gasteiger partial charge in [0.25, 0.3) is 0 Å². The fourth-order valence-electron chi connectivity index (χ4n) is 2.22. The Hall–Kier alpha value is -1.97. The van der Waals surface area contributed by atoms with E-state index in [4.69, 9.17) is 4.74 Å². The highest BCUT2D eigenvalue weighted by molar-refractivity contribution is 5.56. The van der Waals surface area contributed by atoms with Crippen molar-refractivity contribution in [3.63, 3.8) is 0 Å². The third kappa shape index (κ3) is 2.95. The van der Waals surface area contributed by atoms with Crippen molar-refractivity contribution < 1.29 is 9.13 Å². The van der Waals surface area contributed by atoms with Gasteiger partial charge in [-0.2, -0.15) is 0 Å². The first kappa shape index (κ1) is 14.4. The lowest BCUT2D eigenvalue weighted by atomic mass is 10.2. The van der Waals surface area contributed by atoms with Crippen molar-refractivity contribution in [3.8, 4) is 5.75 Å². The Morgan fingerprint density at radius 2 is 2.00 bits per heavy atom. The fourth-order valence-corrected chi connectivity index (χ4v) is 2.22. The number of ether oxygens (including phenoxy) is 1. The normalized spacial score (nSPS) is 10.7. The van der Waals surface area contributed by atoms with Crippen LogP contribution in [0.3, 0.4) is 0 Å². The van der Waals surface area contributed by atoms with E-state index in [1.54, 1.807) is 6.07 Å². The fraction of sp³-hybridized carbons (Fsp3) is 0.375. The molecule has 0 unspecified atom stereocenters. The van der Waals surface area contributed by atoms with Gasteiger partial charge in [-0.25, -0.2) is 4.39 Å². The first-order chi connectivity index (χ1) is 9.52. The van der Waals surface area contributed by atoms with Crippen LogP contribution in [0.1, 0.15) is 23.9 Å². The lowest BCUT2D eigenvalue weighted by Gasteiger charge is -2.12. The van der Waals surface area contributed by atoms with Gasteiger partial charge in [-0.1, -0.05) is 0 Å². The minimum absolute atomic E-state index is 0.286. The average Bonchev–Trinajstić information content (AvgIpc) is 2.66. The van der Waals surface area contributed by atoms with E-state index in [0.29, 0.717) is 18.9 Å². The third-order valence-corrected chi connectivity index (χ3v) is 3.59. The number of hydrogen-bond acceptors (Lipinski definition) is 2. The number of anilines is 1. The Kier molecular flexibility index (Phi) is 4.32. The lowest BCUT2D eigenvalue weighted by Crippen LogP contribution is -2.04. The molecule has 2 aromatic rings. The Bertz CT molecular complexity index is 605. The van der Waals surface area contributed by atoms with Crippen molar-refractivity contribution in [1.82, 2.24) is 4.57 Å². The van der Waals surface area contributed by atoms with Crippen LogP contribution in [0.25, 0.3) is 0 Å². The first-order valence-electron chi connectivity index (χ1n) is 6.81. The smallest absolute Gasteiger partial charge is 0.145 e. The Morgan fingerprint density at radius 1 is 1.25 bits per heavy atom. The van der Waals surface area contributed by atoms with Gasteiger partial charge in [-0.05, 0) is 44.5 Å².